The molecule has 0 bridgehead atoms. The zero-order valence-corrected chi connectivity index (χ0v) is 12.6. The molecule has 3 heteroatoms. The Kier molecular flexibility index (Phi) is 8.64. The van der Waals surface area contributed by atoms with Gasteiger partial charge in [0.1, 0.15) is 0 Å². The highest BCUT2D eigenvalue weighted by Crippen LogP contribution is 2.17. The fourth-order valence-corrected chi connectivity index (χ4v) is 2.87. The molecule has 2 rings (SSSR count). The molecular formula is C15H32N2O. The monoisotopic (exact) mass is 256 g/mol. The third kappa shape index (κ3) is 5.68. The van der Waals surface area contributed by atoms with Crippen molar-refractivity contribution < 1.29 is 4.74 Å². The molecule has 108 valence electrons. The number of hydrogen-bond donors (Lipinski definition) is 1. The van der Waals surface area contributed by atoms with Gasteiger partial charge in [0.05, 0.1) is 12.7 Å². The smallest absolute Gasteiger partial charge is 0.0702 e. The molecule has 0 aromatic carbocycles. The highest BCUT2D eigenvalue weighted by atomic mass is 16.5. The fourth-order valence-electron chi connectivity index (χ4n) is 2.87. The van der Waals surface area contributed by atoms with Crippen LogP contribution in [0.5, 0.6) is 0 Å². The van der Waals surface area contributed by atoms with Crippen LogP contribution in [0.2, 0.25) is 0 Å². The van der Waals surface area contributed by atoms with E-state index in [1.54, 1.807) is 0 Å². The van der Waals surface area contributed by atoms with E-state index in [9.17, 15) is 0 Å². The average molecular weight is 256 g/mol. The van der Waals surface area contributed by atoms with Gasteiger partial charge in [0, 0.05) is 19.6 Å². The highest BCUT2D eigenvalue weighted by molar-refractivity contribution is 4.76. The maximum atomic E-state index is 5.78. The van der Waals surface area contributed by atoms with E-state index in [2.05, 4.69) is 17.1 Å². The van der Waals surface area contributed by atoms with E-state index in [1.165, 1.54) is 45.3 Å². The van der Waals surface area contributed by atoms with Crippen LogP contribution in [0.4, 0.5) is 0 Å². The van der Waals surface area contributed by atoms with Crippen LogP contribution in [0.15, 0.2) is 0 Å². The first-order chi connectivity index (χ1) is 8.88. The second-order valence-electron chi connectivity index (χ2n) is 5.23. The lowest BCUT2D eigenvalue weighted by atomic mass is 9.97. The molecule has 2 fully saturated rings. The number of morpholine rings is 1. The molecule has 0 aliphatic carbocycles. The summed E-state index contributed by atoms with van der Waals surface area (Å²) in [4.78, 5) is 2.62. The Bertz CT molecular complexity index is 191. The summed E-state index contributed by atoms with van der Waals surface area (Å²) in [6.45, 7) is 13.2. The zero-order chi connectivity index (χ0) is 13.2. The lowest BCUT2D eigenvalue weighted by Gasteiger charge is -2.36. The molecule has 0 amide bonds. The summed E-state index contributed by atoms with van der Waals surface area (Å²) >= 11 is 0. The van der Waals surface area contributed by atoms with E-state index >= 15 is 0 Å². The van der Waals surface area contributed by atoms with Crippen molar-refractivity contribution in [1.82, 2.24) is 10.2 Å². The van der Waals surface area contributed by atoms with Crippen molar-refractivity contribution in [3.8, 4) is 0 Å². The van der Waals surface area contributed by atoms with Crippen LogP contribution in [-0.2, 0) is 4.74 Å². The highest BCUT2D eigenvalue weighted by Gasteiger charge is 2.23. The van der Waals surface area contributed by atoms with Gasteiger partial charge in [0.25, 0.3) is 0 Å². The standard InChI is InChI=1S/C13H26N2O.C2H6/c1-2-3-13-11-15(8-9-16-13)10-12-4-6-14-7-5-12;1-2/h12-14H,2-11H2,1H3;1-2H3/t13-;/m0./s1. The van der Waals surface area contributed by atoms with Gasteiger partial charge in [-0.2, -0.15) is 0 Å². The van der Waals surface area contributed by atoms with Crippen molar-refractivity contribution in [1.29, 1.82) is 0 Å². The first kappa shape index (κ1) is 15.9. The van der Waals surface area contributed by atoms with Crippen molar-refractivity contribution in [3.05, 3.63) is 0 Å². The first-order valence-corrected chi connectivity index (χ1v) is 7.93. The molecular weight excluding hydrogens is 224 g/mol. The van der Waals surface area contributed by atoms with Crippen LogP contribution in [-0.4, -0.2) is 50.3 Å². The van der Waals surface area contributed by atoms with Crippen LogP contribution in [0, 0.1) is 5.92 Å². The minimum atomic E-state index is 0.500. The molecule has 2 saturated heterocycles. The Morgan fingerprint density at radius 3 is 2.61 bits per heavy atom. The topological polar surface area (TPSA) is 24.5 Å². The third-order valence-electron chi connectivity index (χ3n) is 3.81. The summed E-state index contributed by atoms with van der Waals surface area (Å²) in [6.07, 6.45) is 5.68. The summed E-state index contributed by atoms with van der Waals surface area (Å²) in [6, 6.07) is 0. The van der Waals surface area contributed by atoms with E-state index in [1.807, 2.05) is 13.8 Å². The van der Waals surface area contributed by atoms with Gasteiger partial charge in [-0.3, -0.25) is 4.90 Å². The molecule has 1 atom stereocenters. The normalized spacial score (nSPS) is 26.5. The predicted octanol–water partition coefficient (Wildman–Crippen LogP) is 2.51. The summed E-state index contributed by atoms with van der Waals surface area (Å²) in [7, 11) is 0. The molecule has 0 saturated carbocycles. The Morgan fingerprint density at radius 2 is 1.94 bits per heavy atom. The molecule has 0 spiro atoms. The largest absolute Gasteiger partial charge is 0.376 e. The Morgan fingerprint density at radius 1 is 1.22 bits per heavy atom. The second-order valence-corrected chi connectivity index (χ2v) is 5.23. The van der Waals surface area contributed by atoms with Gasteiger partial charge < -0.3 is 10.1 Å². The minimum Gasteiger partial charge on any atom is -0.376 e. The molecule has 2 aliphatic heterocycles. The second kappa shape index (κ2) is 9.76. The van der Waals surface area contributed by atoms with Gasteiger partial charge in [0.2, 0.25) is 0 Å². The number of nitrogens with one attached hydrogen (secondary N) is 1. The van der Waals surface area contributed by atoms with Crippen molar-refractivity contribution in [2.24, 2.45) is 5.92 Å². The lowest BCUT2D eigenvalue weighted by Crippen LogP contribution is -2.45. The van der Waals surface area contributed by atoms with Gasteiger partial charge in [0.15, 0.2) is 0 Å². The molecule has 0 aromatic heterocycles. The van der Waals surface area contributed by atoms with Crippen molar-refractivity contribution >= 4 is 0 Å². The Labute approximate surface area is 113 Å². The van der Waals surface area contributed by atoms with Crippen LogP contribution in [0.25, 0.3) is 0 Å². The van der Waals surface area contributed by atoms with Gasteiger partial charge in [-0.1, -0.05) is 27.2 Å². The maximum absolute atomic E-state index is 5.78. The van der Waals surface area contributed by atoms with E-state index in [4.69, 9.17) is 4.74 Å². The van der Waals surface area contributed by atoms with Crippen molar-refractivity contribution in [3.63, 3.8) is 0 Å². The number of ether oxygens (including phenoxy) is 1. The SMILES string of the molecule is CC.CCC[C@H]1CN(CC2CCNCC2)CCO1. The van der Waals surface area contributed by atoms with E-state index in [0.717, 1.165) is 25.6 Å². The molecule has 0 unspecified atom stereocenters. The van der Waals surface area contributed by atoms with Gasteiger partial charge in [-0.25, -0.2) is 0 Å². The van der Waals surface area contributed by atoms with E-state index in [-0.39, 0.29) is 0 Å². The predicted molar refractivity (Wildman–Crippen MR) is 78.0 cm³/mol. The Hall–Kier alpha value is -0.120. The number of hydrogen-bond acceptors (Lipinski definition) is 3. The molecule has 2 aliphatic rings. The average Bonchev–Trinajstić information content (AvgIpc) is 2.43. The Balaban J connectivity index is 0.000000771. The molecule has 2 heterocycles. The fraction of sp³-hybridized carbons (Fsp3) is 1.00. The van der Waals surface area contributed by atoms with Crippen molar-refractivity contribution in [2.75, 3.05) is 39.3 Å². The number of piperidine rings is 1. The molecule has 0 radical (unpaired) electrons. The zero-order valence-electron chi connectivity index (χ0n) is 12.6. The van der Waals surface area contributed by atoms with Gasteiger partial charge in [-0.05, 0) is 38.3 Å². The van der Waals surface area contributed by atoms with Gasteiger partial charge in [-0.15, -0.1) is 0 Å². The summed E-state index contributed by atoms with van der Waals surface area (Å²) in [5.41, 5.74) is 0. The lowest BCUT2D eigenvalue weighted by molar-refractivity contribution is -0.0376. The van der Waals surface area contributed by atoms with Crippen molar-refractivity contribution in [2.45, 2.75) is 52.6 Å². The summed E-state index contributed by atoms with van der Waals surface area (Å²) in [5.74, 6) is 0.918. The number of rotatable bonds is 4. The van der Waals surface area contributed by atoms with Crippen LogP contribution in [0.3, 0.4) is 0 Å². The van der Waals surface area contributed by atoms with Crippen LogP contribution < -0.4 is 5.32 Å². The maximum Gasteiger partial charge on any atom is 0.0702 e. The van der Waals surface area contributed by atoms with Crippen LogP contribution >= 0.6 is 0 Å². The van der Waals surface area contributed by atoms with Crippen LogP contribution in [0.1, 0.15) is 46.5 Å². The summed E-state index contributed by atoms with van der Waals surface area (Å²) in [5, 5.41) is 3.44. The molecule has 1 N–H and O–H groups in total. The number of nitrogens with zero attached hydrogens (tertiary/aromatic N) is 1. The third-order valence-corrected chi connectivity index (χ3v) is 3.81. The molecule has 0 aromatic rings. The van der Waals surface area contributed by atoms with Gasteiger partial charge >= 0.3 is 0 Å². The minimum absolute atomic E-state index is 0.500. The first-order valence-electron chi connectivity index (χ1n) is 7.93. The molecule has 3 nitrogen and oxygen atoms in total. The quantitative estimate of drug-likeness (QED) is 0.836. The van der Waals surface area contributed by atoms with E-state index < -0.39 is 0 Å². The summed E-state index contributed by atoms with van der Waals surface area (Å²) < 4.78 is 5.78. The molecule has 18 heavy (non-hydrogen) atoms. The van der Waals surface area contributed by atoms with E-state index in [0.29, 0.717) is 6.10 Å².